The summed E-state index contributed by atoms with van der Waals surface area (Å²) in [6.07, 6.45) is 1.20. The van der Waals surface area contributed by atoms with Crippen LogP contribution in [0, 0.1) is 11.8 Å². The molecule has 0 saturated heterocycles. The van der Waals surface area contributed by atoms with Crippen LogP contribution in [0.25, 0.3) is 0 Å². The number of ether oxygens (including phenoxy) is 2. The highest BCUT2D eigenvalue weighted by molar-refractivity contribution is 7.07. The zero-order valence-electron chi connectivity index (χ0n) is 13.2. The van der Waals surface area contributed by atoms with Gasteiger partial charge >= 0.3 is 0 Å². The second-order valence-corrected chi connectivity index (χ2v) is 6.54. The summed E-state index contributed by atoms with van der Waals surface area (Å²) in [6.45, 7) is 3.32. The molecule has 122 valence electrons. The molecule has 1 amide bonds. The average Bonchev–Trinajstić information content (AvgIpc) is 3.04. The Labute approximate surface area is 139 Å². The van der Waals surface area contributed by atoms with E-state index in [1.54, 1.807) is 30.8 Å². The molecule has 0 unspecified atom stereocenters. The summed E-state index contributed by atoms with van der Waals surface area (Å²) in [7, 11) is 1.57. The molecule has 1 saturated carbocycles. The maximum Gasteiger partial charge on any atom is 0.251 e. The Hall–Kier alpha value is -2.08. The quantitative estimate of drug-likeness (QED) is 0.846. The van der Waals surface area contributed by atoms with Crippen molar-refractivity contribution in [1.29, 1.82) is 0 Å². The number of benzene rings is 1. The van der Waals surface area contributed by atoms with Crippen molar-refractivity contribution in [3.8, 4) is 11.5 Å². The molecule has 0 bridgehead atoms. The van der Waals surface area contributed by atoms with Crippen LogP contribution in [0.4, 0.5) is 0 Å². The van der Waals surface area contributed by atoms with Crippen molar-refractivity contribution in [3.05, 3.63) is 40.3 Å². The molecule has 1 N–H and O–H groups in total. The highest BCUT2D eigenvalue weighted by Crippen LogP contribution is 2.36. The number of aromatic nitrogens is 1. The molecule has 0 aliphatic heterocycles. The van der Waals surface area contributed by atoms with Crippen molar-refractivity contribution in [2.24, 2.45) is 11.8 Å². The first-order chi connectivity index (χ1) is 11.2. The Kier molecular flexibility index (Phi) is 4.81. The van der Waals surface area contributed by atoms with Crippen molar-refractivity contribution < 1.29 is 14.3 Å². The molecule has 2 aromatic rings. The molecular formula is C17H20N2O3S. The molecule has 3 rings (SSSR count). The van der Waals surface area contributed by atoms with Crippen LogP contribution in [0.2, 0.25) is 0 Å². The Bertz CT molecular complexity index is 672. The number of rotatable bonds is 7. The van der Waals surface area contributed by atoms with E-state index in [0.29, 0.717) is 29.6 Å². The summed E-state index contributed by atoms with van der Waals surface area (Å²) in [5.74, 6) is 2.43. The van der Waals surface area contributed by atoms with Gasteiger partial charge in [-0.25, -0.2) is 4.98 Å². The summed E-state index contributed by atoms with van der Waals surface area (Å²) < 4.78 is 11.1. The molecule has 1 aliphatic rings. The first kappa shape index (κ1) is 15.8. The van der Waals surface area contributed by atoms with Gasteiger partial charge in [-0.3, -0.25) is 4.79 Å². The van der Waals surface area contributed by atoms with Crippen molar-refractivity contribution in [3.63, 3.8) is 0 Å². The molecule has 1 aliphatic carbocycles. The van der Waals surface area contributed by atoms with E-state index in [9.17, 15) is 4.79 Å². The lowest BCUT2D eigenvalue weighted by molar-refractivity contribution is 0.0951. The van der Waals surface area contributed by atoms with Gasteiger partial charge in [-0.15, -0.1) is 11.3 Å². The van der Waals surface area contributed by atoms with Gasteiger partial charge in [0.25, 0.3) is 5.91 Å². The first-order valence-corrected chi connectivity index (χ1v) is 8.57. The maximum absolute atomic E-state index is 12.2. The molecule has 0 spiro atoms. The fourth-order valence-corrected chi connectivity index (χ4v) is 2.94. The van der Waals surface area contributed by atoms with Gasteiger partial charge in [0, 0.05) is 17.5 Å². The Morgan fingerprint density at radius 1 is 1.43 bits per heavy atom. The minimum absolute atomic E-state index is 0.0755. The Balaban J connectivity index is 1.62. The highest BCUT2D eigenvalue weighted by Gasteiger charge is 2.32. The van der Waals surface area contributed by atoms with Gasteiger partial charge in [0.1, 0.15) is 6.61 Å². The SMILES string of the molecule is COc1cc(C(=O)NC[C@@H]2C[C@@H]2C)ccc1OCc1cscn1. The van der Waals surface area contributed by atoms with Crippen molar-refractivity contribution in [2.45, 2.75) is 20.0 Å². The summed E-state index contributed by atoms with van der Waals surface area (Å²) in [5, 5.41) is 4.91. The third-order valence-electron chi connectivity index (χ3n) is 4.09. The summed E-state index contributed by atoms with van der Waals surface area (Å²) in [6, 6.07) is 5.23. The van der Waals surface area contributed by atoms with Crippen LogP contribution >= 0.6 is 11.3 Å². The molecule has 6 heteroatoms. The van der Waals surface area contributed by atoms with Gasteiger partial charge in [0.2, 0.25) is 0 Å². The highest BCUT2D eigenvalue weighted by atomic mass is 32.1. The number of hydrogen-bond acceptors (Lipinski definition) is 5. The average molecular weight is 332 g/mol. The van der Waals surface area contributed by atoms with E-state index in [0.717, 1.165) is 18.2 Å². The number of nitrogens with one attached hydrogen (secondary N) is 1. The minimum Gasteiger partial charge on any atom is -0.493 e. The van der Waals surface area contributed by atoms with E-state index >= 15 is 0 Å². The van der Waals surface area contributed by atoms with Gasteiger partial charge in [-0.2, -0.15) is 0 Å². The molecule has 1 aromatic carbocycles. The Morgan fingerprint density at radius 3 is 2.91 bits per heavy atom. The predicted octanol–water partition coefficient (Wildman–Crippen LogP) is 3.12. The molecular weight excluding hydrogens is 312 g/mol. The second-order valence-electron chi connectivity index (χ2n) is 5.82. The number of methoxy groups -OCH3 is 1. The number of amides is 1. The smallest absolute Gasteiger partial charge is 0.251 e. The van der Waals surface area contributed by atoms with Gasteiger partial charge in [-0.05, 0) is 36.5 Å². The number of nitrogens with zero attached hydrogens (tertiary/aromatic N) is 1. The van der Waals surface area contributed by atoms with Crippen LogP contribution in [0.15, 0.2) is 29.1 Å². The minimum atomic E-state index is -0.0755. The van der Waals surface area contributed by atoms with E-state index in [4.69, 9.17) is 9.47 Å². The zero-order chi connectivity index (χ0) is 16.2. The summed E-state index contributed by atoms with van der Waals surface area (Å²) in [4.78, 5) is 16.4. The maximum atomic E-state index is 12.2. The third kappa shape index (κ3) is 4.01. The van der Waals surface area contributed by atoms with Crippen molar-refractivity contribution >= 4 is 17.2 Å². The normalized spacial score (nSPS) is 19.2. The van der Waals surface area contributed by atoms with Crippen LogP contribution in [0.3, 0.4) is 0 Å². The zero-order valence-corrected chi connectivity index (χ0v) is 14.1. The van der Waals surface area contributed by atoms with E-state index in [1.165, 1.54) is 17.8 Å². The largest absolute Gasteiger partial charge is 0.493 e. The number of carbonyl (C=O) groups is 1. The van der Waals surface area contributed by atoms with Crippen LogP contribution in [-0.4, -0.2) is 24.5 Å². The predicted molar refractivity (Wildman–Crippen MR) is 89.0 cm³/mol. The lowest BCUT2D eigenvalue weighted by Crippen LogP contribution is -2.25. The van der Waals surface area contributed by atoms with Gasteiger partial charge in [0.15, 0.2) is 11.5 Å². The summed E-state index contributed by atoms with van der Waals surface area (Å²) >= 11 is 1.53. The van der Waals surface area contributed by atoms with Crippen LogP contribution in [0.1, 0.15) is 29.4 Å². The number of thiazole rings is 1. The fraction of sp³-hybridized carbons (Fsp3) is 0.412. The fourth-order valence-electron chi connectivity index (χ4n) is 2.40. The summed E-state index contributed by atoms with van der Waals surface area (Å²) in [5.41, 5.74) is 3.22. The first-order valence-electron chi connectivity index (χ1n) is 7.63. The number of carbonyl (C=O) groups excluding carboxylic acids is 1. The van der Waals surface area contributed by atoms with E-state index in [-0.39, 0.29) is 5.91 Å². The van der Waals surface area contributed by atoms with Crippen molar-refractivity contribution in [2.75, 3.05) is 13.7 Å². The lowest BCUT2D eigenvalue weighted by Gasteiger charge is -2.11. The van der Waals surface area contributed by atoms with E-state index in [1.807, 2.05) is 5.38 Å². The molecule has 1 aromatic heterocycles. The molecule has 23 heavy (non-hydrogen) atoms. The standard InChI is InChI=1S/C17H20N2O3S/c1-11-5-13(11)7-18-17(20)12-3-4-15(16(6-12)21-2)22-8-14-9-23-10-19-14/h3-4,6,9-11,13H,5,7-8H2,1-2H3,(H,18,20)/t11-,13-/m0/s1. The van der Waals surface area contributed by atoms with Gasteiger partial charge < -0.3 is 14.8 Å². The van der Waals surface area contributed by atoms with Gasteiger partial charge in [-0.1, -0.05) is 6.92 Å². The van der Waals surface area contributed by atoms with Gasteiger partial charge in [0.05, 0.1) is 18.3 Å². The monoisotopic (exact) mass is 332 g/mol. The number of hydrogen-bond donors (Lipinski definition) is 1. The van der Waals surface area contributed by atoms with Crippen LogP contribution in [-0.2, 0) is 6.61 Å². The van der Waals surface area contributed by atoms with Crippen LogP contribution in [0.5, 0.6) is 11.5 Å². The molecule has 1 heterocycles. The molecule has 5 nitrogen and oxygen atoms in total. The third-order valence-corrected chi connectivity index (χ3v) is 4.72. The topological polar surface area (TPSA) is 60.5 Å². The van der Waals surface area contributed by atoms with Crippen molar-refractivity contribution in [1.82, 2.24) is 10.3 Å². The molecule has 2 atom stereocenters. The molecule has 0 radical (unpaired) electrons. The van der Waals surface area contributed by atoms with Crippen LogP contribution < -0.4 is 14.8 Å². The van der Waals surface area contributed by atoms with E-state index in [2.05, 4.69) is 17.2 Å². The lowest BCUT2D eigenvalue weighted by atomic mass is 10.2. The molecule has 1 fully saturated rings. The van der Waals surface area contributed by atoms with E-state index < -0.39 is 0 Å². The second kappa shape index (κ2) is 7.00. The Morgan fingerprint density at radius 2 is 2.26 bits per heavy atom.